The van der Waals surface area contributed by atoms with E-state index in [0.717, 1.165) is 12.0 Å². The standard InChI is InChI=1S/C15H16N2O/c1-2-11-5-7-12(8-6-11)10-14(18)15-13(16)4-3-9-17-15/h3-9H,2,10,16H2,1H3. The van der Waals surface area contributed by atoms with Crippen molar-refractivity contribution in [2.75, 3.05) is 5.73 Å². The lowest BCUT2D eigenvalue weighted by atomic mass is 10.0. The largest absolute Gasteiger partial charge is 0.397 e. The number of aryl methyl sites for hydroxylation is 1. The average Bonchev–Trinajstić information content (AvgIpc) is 2.40. The molecule has 18 heavy (non-hydrogen) atoms. The van der Waals surface area contributed by atoms with Crippen molar-refractivity contribution in [3.63, 3.8) is 0 Å². The minimum Gasteiger partial charge on any atom is -0.397 e. The van der Waals surface area contributed by atoms with Gasteiger partial charge < -0.3 is 5.73 Å². The summed E-state index contributed by atoms with van der Waals surface area (Å²) in [7, 11) is 0. The molecule has 1 aromatic heterocycles. The summed E-state index contributed by atoms with van der Waals surface area (Å²) in [5, 5.41) is 0. The maximum atomic E-state index is 12.0. The van der Waals surface area contributed by atoms with Gasteiger partial charge in [0.2, 0.25) is 0 Å². The van der Waals surface area contributed by atoms with Gasteiger partial charge in [0, 0.05) is 12.6 Å². The number of ketones is 1. The van der Waals surface area contributed by atoms with Crippen LogP contribution >= 0.6 is 0 Å². The molecule has 3 heteroatoms. The van der Waals surface area contributed by atoms with Crippen molar-refractivity contribution in [1.29, 1.82) is 0 Å². The highest BCUT2D eigenvalue weighted by atomic mass is 16.1. The van der Waals surface area contributed by atoms with Gasteiger partial charge in [-0.05, 0) is 29.7 Å². The first-order valence-electron chi connectivity index (χ1n) is 6.02. The fourth-order valence-electron chi connectivity index (χ4n) is 1.81. The monoisotopic (exact) mass is 240 g/mol. The van der Waals surface area contributed by atoms with E-state index in [0.29, 0.717) is 17.8 Å². The van der Waals surface area contributed by atoms with Crippen molar-refractivity contribution in [2.24, 2.45) is 0 Å². The van der Waals surface area contributed by atoms with Crippen LogP contribution in [0.3, 0.4) is 0 Å². The highest BCUT2D eigenvalue weighted by Crippen LogP contribution is 2.12. The highest BCUT2D eigenvalue weighted by molar-refractivity contribution is 5.99. The Bertz CT molecular complexity index is 547. The molecule has 0 fully saturated rings. The third kappa shape index (κ3) is 2.74. The maximum Gasteiger partial charge on any atom is 0.187 e. The normalized spacial score (nSPS) is 10.3. The molecule has 2 N–H and O–H groups in total. The number of benzene rings is 1. The molecular weight excluding hydrogens is 224 g/mol. The van der Waals surface area contributed by atoms with Gasteiger partial charge in [-0.1, -0.05) is 31.2 Å². The second-order valence-corrected chi connectivity index (χ2v) is 4.21. The average molecular weight is 240 g/mol. The first kappa shape index (κ1) is 12.3. The van der Waals surface area contributed by atoms with Gasteiger partial charge >= 0.3 is 0 Å². The van der Waals surface area contributed by atoms with Crippen molar-refractivity contribution in [2.45, 2.75) is 19.8 Å². The Morgan fingerprint density at radius 3 is 2.44 bits per heavy atom. The number of anilines is 1. The lowest BCUT2D eigenvalue weighted by Crippen LogP contribution is -2.09. The van der Waals surface area contributed by atoms with Crippen molar-refractivity contribution in [3.8, 4) is 0 Å². The predicted molar refractivity (Wildman–Crippen MR) is 72.5 cm³/mol. The zero-order chi connectivity index (χ0) is 13.0. The molecule has 1 aromatic carbocycles. The van der Waals surface area contributed by atoms with Crippen molar-refractivity contribution >= 4 is 11.5 Å². The van der Waals surface area contributed by atoms with E-state index in [4.69, 9.17) is 5.73 Å². The fraction of sp³-hybridized carbons (Fsp3) is 0.200. The smallest absolute Gasteiger partial charge is 0.187 e. The van der Waals surface area contributed by atoms with Crippen LogP contribution in [0.4, 0.5) is 5.69 Å². The second-order valence-electron chi connectivity index (χ2n) is 4.21. The topological polar surface area (TPSA) is 56.0 Å². The molecule has 0 saturated carbocycles. The summed E-state index contributed by atoms with van der Waals surface area (Å²) in [5.41, 5.74) is 8.79. The van der Waals surface area contributed by atoms with Crippen LogP contribution in [0.25, 0.3) is 0 Å². The Morgan fingerprint density at radius 2 is 1.83 bits per heavy atom. The first-order valence-corrected chi connectivity index (χ1v) is 6.02. The number of pyridine rings is 1. The number of nitrogens with two attached hydrogens (primary N) is 1. The molecule has 0 unspecified atom stereocenters. The Kier molecular flexibility index (Phi) is 3.72. The molecule has 0 spiro atoms. The van der Waals surface area contributed by atoms with Crippen LogP contribution < -0.4 is 5.73 Å². The minimum atomic E-state index is -0.0441. The molecule has 0 amide bonds. The third-order valence-corrected chi connectivity index (χ3v) is 2.90. The number of Topliss-reactive ketones (excluding diaryl/α,β-unsaturated/α-hetero) is 1. The van der Waals surface area contributed by atoms with E-state index in [9.17, 15) is 4.79 Å². The molecule has 2 rings (SSSR count). The lowest BCUT2D eigenvalue weighted by Gasteiger charge is -2.04. The van der Waals surface area contributed by atoms with E-state index in [1.807, 2.05) is 24.3 Å². The number of hydrogen-bond donors (Lipinski definition) is 1. The van der Waals surface area contributed by atoms with Crippen molar-refractivity contribution in [1.82, 2.24) is 4.98 Å². The zero-order valence-electron chi connectivity index (χ0n) is 10.4. The summed E-state index contributed by atoms with van der Waals surface area (Å²) in [4.78, 5) is 16.1. The van der Waals surface area contributed by atoms with E-state index in [2.05, 4.69) is 11.9 Å². The predicted octanol–water partition coefficient (Wildman–Crippen LogP) is 2.65. The van der Waals surface area contributed by atoms with E-state index in [1.54, 1.807) is 18.3 Å². The van der Waals surface area contributed by atoms with Crippen LogP contribution in [0.2, 0.25) is 0 Å². The summed E-state index contributed by atoms with van der Waals surface area (Å²) in [6, 6.07) is 11.5. The molecule has 0 aliphatic carbocycles. The van der Waals surface area contributed by atoms with Crippen LogP contribution in [0.15, 0.2) is 42.6 Å². The number of nitrogens with zero attached hydrogens (tertiary/aromatic N) is 1. The number of nitrogen functional groups attached to an aromatic ring is 1. The maximum absolute atomic E-state index is 12.0. The molecule has 2 aromatic rings. The van der Waals surface area contributed by atoms with Crippen LogP contribution in [0.5, 0.6) is 0 Å². The van der Waals surface area contributed by atoms with E-state index < -0.39 is 0 Å². The van der Waals surface area contributed by atoms with Gasteiger partial charge in [-0.3, -0.25) is 9.78 Å². The molecule has 1 heterocycles. The molecule has 0 aliphatic rings. The van der Waals surface area contributed by atoms with Gasteiger partial charge in [-0.2, -0.15) is 0 Å². The Labute approximate surface area is 107 Å². The summed E-state index contributed by atoms with van der Waals surface area (Å²) >= 11 is 0. The Hall–Kier alpha value is -2.16. The van der Waals surface area contributed by atoms with Crippen LogP contribution in [-0.4, -0.2) is 10.8 Å². The molecule has 0 bridgehead atoms. The molecular formula is C15H16N2O. The van der Waals surface area contributed by atoms with E-state index in [-0.39, 0.29) is 5.78 Å². The van der Waals surface area contributed by atoms with Gasteiger partial charge in [0.15, 0.2) is 5.78 Å². The van der Waals surface area contributed by atoms with Crippen LogP contribution in [0, 0.1) is 0 Å². The SMILES string of the molecule is CCc1ccc(CC(=O)c2ncccc2N)cc1. The number of carbonyl (C=O) groups excluding carboxylic acids is 1. The van der Waals surface area contributed by atoms with Gasteiger partial charge in [0.1, 0.15) is 5.69 Å². The number of carbonyl (C=O) groups is 1. The molecule has 0 atom stereocenters. The lowest BCUT2D eigenvalue weighted by molar-refractivity contribution is 0.0989. The molecule has 0 aliphatic heterocycles. The number of rotatable bonds is 4. The quantitative estimate of drug-likeness (QED) is 0.836. The zero-order valence-corrected chi connectivity index (χ0v) is 10.4. The molecule has 0 saturated heterocycles. The van der Waals surface area contributed by atoms with Crippen molar-refractivity contribution in [3.05, 3.63) is 59.4 Å². The van der Waals surface area contributed by atoms with Crippen LogP contribution in [-0.2, 0) is 12.8 Å². The Balaban J connectivity index is 2.14. The highest BCUT2D eigenvalue weighted by Gasteiger charge is 2.11. The van der Waals surface area contributed by atoms with Gasteiger partial charge in [0.05, 0.1) is 5.69 Å². The second kappa shape index (κ2) is 5.45. The van der Waals surface area contributed by atoms with E-state index in [1.165, 1.54) is 5.56 Å². The Morgan fingerprint density at radius 1 is 1.17 bits per heavy atom. The molecule has 0 radical (unpaired) electrons. The van der Waals surface area contributed by atoms with Crippen molar-refractivity contribution < 1.29 is 4.79 Å². The number of aromatic nitrogens is 1. The molecule has 3 nitrogen and oxygen atoms in total. The third-order valence-electron chi connectivity index (χ3n) is 2.90. The summed E-state index contributed by atoms with van der Waals surface area (Å²) < 4.78 is 0. The van der Waals surface area contributed by atoms with Gasteiger partial charge in [0.25, 0.3) is 0 Å². The summed E-state index contributed by atoms with van der Waals surface area (Å²) in [5.74, 6) is -0.0441. The fourth-order valence-corrected chi connectivity index (χ4v) is 1.81. The summed E-state index contributed by atoms with van der Waals surface area (Å²) in [6.45, 7) is 2.11. The van der Waals surface area contributed by atoms with E-state index >= 15 is 0 Å². The minimum absolute atomic E-state index is 0.0441. The van der Waals surface area contributed by atoms with Crippen LogP contribution in [0.1, 0.15) is 28.5 Å². The first-order chi connectivity index (χ1) is 8.70. The molecule has 92 valence electrons. The van der Waals surface area contributed by atoms with Gasteiger partial charge in [-0.25, -0.2) is 0 Å². The number of hydrogen-bond acceptors (Lipinski definition) is 3. The van der Waals surface area contributed by atoms with Gasteiger partial charge in [-0.15, -0.1) is 0 Å². The summed E-state index contributed by atoms with van der Waals surface area (Å²) in [6.07, 6.45) is 2.93.